The normalized spacial score (nSPS) is 10.0. The van der Waals surface area contributed by atoms with E-state index in [9.17, 15) is 4.79 Å². The molecule has 15 heavy (non-hydrogen) atoms. The van der Waals surface area contributed by atoms with Crippen molar-refractivity contribution in [2.24, 2.45) is 0 Å². The third-order valence-electron chi connectivity index (χ3n) is 2.20. The molecular weight excluding hydrogens is 188 g/mol. The zero-order valence-electron chi connectivity index (χ0n) is 9.45. The van der Waals surface area contributed by atoms with E-state index >= 15 is 0 Å². The van der Waals surface area contributed by atoms with Crippen LogP contribution in [0.1, 0.15) is 42.6 Å². The lowest BCUT2D eigenvalue weighted by atomic mass is 10.1. The monoisotopic (exact) mass is 206 g/mol. The quantitative estimate of drug-likeness (QED) is 0.668. The number of carbonyl (C=O) groups excluding carboxylic acids is 1. The van der Waals surface area contributed by atoms with Crippen molar-refractivity contribution < 1.29 is 9.53 Å². The molecule has 2 heteroatoms. The predicted molar refractivity (Wildman–Crippen MR) is 61.6 cm³/mol. The van der Waals surface area contributed by atoms with E-state index in [2.05, 4.69) is 6.92 Å². The molecule has 0 saturated carbocycles. The number of hydrogen-bond acceptors (Lipinski definition) is 2. The highest BCUT2D eigenvalue weighted by molar-refractivity contribution is 5.79. The molecule has 0 aromatic heterocycles. The van der Waals surface area contributed by atoms with Crippen molar-refractivity contribution in [3.8, 4) is 5.75 Å². The molecular formula is C13H18O2. The van der Waals surface area contributed by atoms with Crippen LogP contribution in [0.2, 0.25) is 0 Å². The Kier molecular flexibility index (Phi) is 4.88. The van der Waals surface area contributed by atoms with Crippen molar-refractivity contribution >= 4 is 6.29 Å². The van der Waals surface area contributed by atoms with Gasteiger partial charge in [0.15, 0.2) is 6.29 Å². The molecule has 0 unspecified atom stereocenters. The van der Waals surface area contributed by atoms with Crippen molar-refractivity contribution in [2.75, 3.05) is 6.61 Å². The second-order valence-corrected chi connectivity index (χ2v) is 3.59. The zero-order chi connectivity index (χ0) is 11.1. The molecule has 0 bridgehead atoms. The predicted octanol–water partition coefficient (Wildman–Crippen LogP) is 3.24. The fraction of sp³-hybridized carbons (Fsp3) is 0.462. The average molecular weight is 206 g/mol. The molecule has 0 saturated heterocycles. The van der Waals surface area contributed by atoms with Gasteiger partial charge in [-0.05, 0) is 30.5 Å². The first-order valence-corrected chi connectivity index (χ1v) is 5.52. The Morgan fingerprint density at radius 2 is 2.07 bits per heavy atom. The number of rotatable bonds is 6. The van der Waals surface area contributed by atoms with Gasteiger partial charge in [-0.1, -0.05) is 26.3 Å². The van der Waals surface area contributed by atoms with E-state index in [0.717, 1.165) is 25.5 Å². The Balaban J connectivity index is 2.83. The molecule has 0 aliphatic carbocycles. The minimum Gasteiger partial charge on any atom is -0.493 e. The summed E-state index contributed by atoms with van der Waals surface area (Å²) >= 11 is 0. The molecule has 1 rings (SSSR count). The molecule has 82 valence electrons. The fourth-order valence-electron chi connectivity index (χ4n) is 1.48. The van der Waals surface area contributed by atoms with Gasteiger partial charge in [0, 0.05) is 0 Å². The van der Waals surface area contributed by atoms with Crippen molar-refractivity contribution in [3.63, 3.8) is 0 Å². The van der Waals surface area contributed by atoms with Crippen molar-refractivity contribution in [1.82, 2.24) is 0 Å². The standard InChI is InChI=1S/C13H18O2/c1-3-5-11-6-7-13(15-8-4-2)12(9-11)10-14/h6-7,9-10H,3-5,8H2,1-2H3. The van der Waals surface area contributed by atoms with Crippen LogP contribution in [0.15, 0.2) is 18.2 Å². The first-order valence-electron chi connectivity index (χ1n) is 5.52. The average Bonchev–Trinajstić information content (AvgIpc) is 2.27. The SMILES string of the molecule is CCCOc1ccc(CCC)cc1C=O. The molecule has 0 fully saturated rings. The molecule has 1 aromatic carbocycles. The highest BCUT2D eigenvalue weighted by atomic mass is 16.5. The van der Waals surface area contributed by atoms with Crippen LogP contribution in [0.3, 0.4) is 0 Å². The Morgan fingerprint density at radius 3 is 2.67 bits per heavy atom. The maximum Gasteiger partial charge on any atom is 0.153 e. The topological polar surface area (TPSA) is 26.3 Å². The van der Waals surface area contributed by atoms with Crippen LogP contribution < -0.4 is 4.74 Å². The van der Waals surface area contributed by atoms with E-state index in [0.29, 0.717) is 17.9 Å². The Labute approximate surface area is 91.3 Å². The lowest BCUT2D eigenvalue weighted by molar-refractivity contribution is 0.111. The van der Waals surface area contributed by atoms with Crippen molar-refractivity contribution in [3.05, 3.63) is 29.3 Å². The summed E-state index contributed by atoms with van der Waals surface area (Å²) in [5, 5.41) is 0. The summed E-state index contributed by atoms with van der Waals surface area (Å²) in [6.45, 7) is 4.84. The van der Waals surface area contributed by atoms with Crippen molar-refractivity contribution in [1.29, 1.82) is 0 Å². The second-order valence-electron chi connectivity index (χ2n) is 3.59. The van der Waals surface area contributed by atoms with Crippen LogP contribution in [-0.4, -0.2) is 12.9 Å². The number of carbonyl (C=O) groups is 1. The Bertz CT molecular complexity index is 318. The van der Waals surface area contributed by atoms with Gasteiger partial charge < -0.3 is 4.74 Å². The van der Waals surface area contributed by atoms with E-state index in [-0.39, 0.29) is 0 Å². The number of aryl methyl sites for hydroxylation is 1. The maximum absolute atomic E-state index is 10.9. The molecule has 1 aromatic rings. The van der Waals surface area contributed by atoms with Crippen LogP contribution >= 0.6 is 0 Å². The molecule has 2 nitrogen and oxygen atoms in total. The lowest BCUT2D eigenvalue weighted by Crippen LogP contribution is -1.99. The molecule has 0 aliphatic rings. The van der Waals surface area contributed by atoms with Crippen LogP contribution in [0, 0.1) is 0 Å². The van der Waals surface area contributed by atoms with Gasteiger partial charge in [-0.25, -0.2) is 0 Å². The number of ether oxygens (including phenoxy) is 1. The number of benzene rings is 1. The summed E-state index contributed by atoms with van der Waals surface area (Å²) in [4.78, 5) is 10.9. The summed E-state index contributed by atoms with van der Waals surface area (Å²) in [5.74, 6) is 0.701. The largest absolute Gasteiger partial charge is 0.493 e. The van der Waals surface area contributed by atoms with Gasteiger partial charge in [-0.15, -0.1) is 0 Å². The highest BCUT2D eigenvalue weighted by Crippen LogP contribution is 2.19. The van der Waals surface area contributed by atoms with E-state index in [1.54, 1.807) is 0 Å². The molecule has 0 amide bonds. The third-order valence-corrected chi connectivity index (χ3v) is 2.20. The summed E-state index contributed by atoms with van der Waals surface area (Å²) < 4.78 is 5.48. The van der Waals surface area contributed by atoms with Gasteiger partial charge in [-0.3, -0.25) is 4.79 Å². The van der Waals surface area contributed by atoms with Crippen LogP contribution in [-0.2, 0) is 6.42 Å². The molecule has 0 N–H and O–H groups in total. The molecule has 0 radical (unpaired) electrons. The Hall–Kier alpha value is -1.31. The minimum atomic E-state index is 0.661. The van der Waals surface area contributed by atoms with Crippen LogP contribution in [0.4, 0.5) is 0 Å². The Morgan fingerprint density at radius 1 is 1.27 bits per heavy atom. The van der Waals surface area contributed by atoms with E-state index in [1.165, 1.54) is 5.56 Å². The van der Waals surface area contributed by atoms with Crippen LogP contribution in [0.5, 0.6) is 5.75 Å². The van der Waals surface area contributed by atoms with E-state index in [1.807, 2.05) is 25.1 Å². The minimum absolute atomic E-state index is 0.661. The van der Waals surface area contributed by atoms with Crippen molar-refractivity contribution in [2.45, 2.75) is 33.1 Å². The zero-order valence-corrected chi connectivity index (χ0v) is 9.45. The first-order chi connectivity index (χ1) is 7.31. The van der Waals surface area contributed by atoms with Gasteiger partial charge in [0.2, 0.25) is 0 Å². The number of hydrogen-bond donors (Lipinski definition) is 0. The smallest absolute Gasteiger partial charge is 0.153 e. The summed E-state index contributed by atoms with van der Waals surface area (Å²) in [6.07, 6.45) is 3.92. The van der Waals surface area contributed by atoms with Crippen LogP contribution in [0.25, 0.3) is 0 Å². The van der Waals surface area contributed by atoms with Gasteiger partial charge >= 0.3 is 0 Å². The maximum atomic E-state index is 10.9. The molecule has 0 atom stereocenters. The second kappa shape index (κ2) is 6.23. The van der Waals surface area contributed by atoms with E-state index in [4.69, 9.17) is 4.74 Å². The first kappa shape index (κ1) is 11.8. The fourth-order valence-corrected chi connectivity index (χ4v) is 1.48. The molecule has 0 heterocycles. The van der Waals surface area contributed by atoms with Gasteiger partial charge in [0.25, 0.3) is 0 Å². The number of aldehydes is 1. The van der Waals surface area contributed by atoms with E-state index < -0.39 is 0 Å². The third kappa shape index (κ3) is 3.39. The lowest BCUT2D eigenvalue weighted by Gasteiger charge is -2.08. The summed E-state index contributed by atoms with van der Waals surface area (Å²) in [5.41, 5.74) is 1.86. The highest BCUT2D eigenvalue weighted by Gasteiger charge is 2.03. The summed E-state index contributed by atoms with van der Waals surface area (Å²) in [6, 6.07) is 5.84. The molecule has 0 spiro atoms. The molecule has 0 aliphatic heterocycles. The van der Waals surface area contributed by atoms with Gasteiger partial charge in [0.1, 0.15) is 5.75 Å². The summed E-state index contributed by atoms with van der Waals surface area (Å²) in [7, 11) is 0. The van der Waals surface area contributed by atoms with Gasteiger partial charge in [0.05, 0.1) is 12.2 Å². The van der Waals surface area contributed by atoms with Gasteiger partial charge in [-0.2, -0.15) is 0 Å².